The molecule has 5 aromatic rings. The summed E-state index contributed by atoms with van der Waals surface area (Å²) < 4.78 is 16.4. The molecule has 210 valence electrons. The van der Waals surface area contributed by atoms with Gasteiger partial charge in [0.1, 0.15) is 20.8 Å². The van der Waals surface area contributed by atoms with Gasteiger partial charge in [0.15, 0.2) is 5.82 Å². The second kappa shape index (κ2) is 11.1. The molecule has 1 aliphatic heterocycles. The molecule has 3 N–H and O–H groups in total. The zero-order valence-electron chi connectivity index (χ0n) is 22.9. The van der Waals surface area contributed by atoms with Gasteiger partial charge in [0.25, 0.3) is 0 Å². The van der Waals surface area contributed by atoms with E-state index in [1.165, 1.54) is 18.4 Å². The first-order valence-electron chi connectivity index (χ1n) is 13.3. The van der Waals surface area contributed by atoms with E-state index in [1.807, 2.05) is 38.1 Å². The number of nitrogens with one attached hydrogen (secondary N) is 1. The number of nitrogens with zero attached hydrogens (tertiary/aromatic N) is 5. The number of hydrogen-bond donors (Lipinski definition) is 2. The van der Waals surface area contributed by atoms with Crippen LogP contribution in [0.15, 0.2) is 42.5 Å². The molecule has 4 heterocycles. The molecule has 1 fully saturated rings. The van der Waals surface area contributed by atoms with E-state index in [0.29, 0.717) is 35.7 Å². The van der Waals surface area contributed by atoms with E-state index in [9.17, 15) is 4.79 Å². The number of methoxy groups -OCH3 is 1. The lowest BCUT2D eigenvalue weighted by Gasteiger charge is -2.27. The number of piperazine rings is 1. The number of hydrogen-bond acceptors (Lipinski definition) is 12. The Morgan fingerprint density at radius 3 is 2.51 bits per heavy atom. The summed E-state index contributed by atoms with van der Waals surface area (Å²) in [4.78, 5) is 33.9. The zero-order valence-corrected chi connectivity index (χ0v) is 23.7. The van der Waals surface area contributed by atoms with Gasteiger partial charge in [-0.1, -0.05) is 24.3 Å². The van der Waals surface area contributed by atoms with Gasteiger partial charge in [-0.3, -0.25) is 0 Å². The highest BCUT2D eigenvalue weighted by molar-refractivity contribution is 7.25. The van der Waals surface area contributed by atoms with Gasteiger partial charge in [-0.25, -0.2) is 19.7 Å². The van der Waals surface area contributed by atoms with Crippen LogP contribution in [0.25, 0.3) is 42.9 Å². The van der Waals surface area contributed by atoms with Crippen LogP contribution in [0.5, 0.6) is 11.6 Å². The third kappa shape index (κ3) is 5.19. The van der Waals surface area contributed by atoms with Crippen molar-refractivity contribution in [2.75, 3.05) is 50.5 Å². The fourth-order valence-corrected chi connectivity index (χ4v) is 5.95. The summed E-state index contributed by atoms with van der Waals surface area (Å²) in [5.41, 5.74) is 11.0. The number of anilines is 2. The summed E-state index contributed by atoms with van der Waals surface area (Å²) in [7, 11) is 1.25. The fraction of sp³-hybridized carbons (Fsp3) is 0.276. The molecule has 41 heavy (non-hydrogen) atoms. The van der Waals surface area contributed by atoms with Gasteiger partial charge in [-0.2, -0.15) is 4.98 Å². The van der Waals surface area contributed by atoms with Crippen molar-refractivity contribution in [2.24, 2.45) is 0 Å². The SMILES string of the molecule is CCOc1nc(N2CCNCC2)nc2c1sc1nc(-c3ccc(-c4ccc(OC(=O)OC)cc4N)cc3)nc(C)c12. The molecule has 1 saturated heterocycles. The number of nitrogen functional groups attached to an aromatic ring is 1. The highest BCUT2D eigenvalue weighted by Crippen LogP contribution is 2.40. The molecule has 2 aromatic carbocycles. The molecule has 0 saturated carbocycles. The maximum atomic E-state index is 11.4. The first-order chi connectivity index (χ1) is 19.9. The number of carbonyl (C=O) groups excluding carboxylic acids is 1. The monoisotopic (exact) mass is 571 g/mol. The van der Waals surface area contributed by atoms with Crippen LogP contribution in [0, 0.1) is 6.92 Å². The summed E-state index contributed by atoms with van der Waals surface area (Å²) in [5, 5.41) is 4.29. The number of aromatic nitrogens is 4. The minimum Gasteiger partial charge on any atom is -0.477 e. The van der Waals surface area contributed by atoms with Gasteiger partial charge in [-0.05, 0) is 31.5 Å². The predicted octanol–water partition coefficient (Wildman–Crippen LogP) is 4.81. The second-order valence-corrected chi connectivity index (χ2v) is 10.5. The smallest absolute Gasteiger partial charge is 0.477 e. The Hall–Kier alpha value is -4.55. The van der Waals surface area contributed by atoms with Gasteiger partial charge < -0.3 is 30.2 Å². The second-order valence-electron chi connectivity index (χ2n) is 9.47. The number of thiophene rings is 1. The van der Waals surface area contributed by atoms with Gasteiger partial charge >= 0.3 is 6.16 Å². The van der Waals surface area contributed by atoms with Crippen molar-refractivity contribution in [3.05, 3.63) is 48.2 Å². The topological polar surface area (TPSA) is 138 Å². The van der Waals surface area contributed by atoms with Gasteiger partial charge in [0, 0.05) is 49.1 Å². The maximum Gasteiger partial charge on any atom is 0.513 e. The molecule has 12 heteroatoms. The van der Waals surface area contributed by atoms with Crippen LogP contribution in [0.3, 0.4) is 0 Å². The highest BCUT2D eigenvalue weighted by Gasteiger charge is 2.22. The van der Waals surface area contributed by atoms with Crippen LogP contribution in [-0.4, -0.2) is 66.0 Å². The van der Waals surface area contributed by atoms with Crippen molar-refractivity contribution in [2.45, 2.75) is 13.8 Å². The summed E-state index contributed by atoms with van der Waals surface area (Å²) in [5.74, 6) is 2.19. The minimum absolute atomic E-state index is 0.312. The van der Waals surface area contributed by atoms with E-state index in [2.05, 4.69) is 15.0 Å². The lowest BCUT2D eigenvalue weighted by Crippen LogP contribution is -2.44. The van der Waals surface area contributed by atoms with Crippen LogP contribution in [0.4, 0.5) is 16.4 Å². The highest BCUT2D eigenvalue weighted by atomic mass is 32.1. The lowest BCUT2D eigenvalue weighted by molar-refractivity contribution is 0.121. The average molecular weight is 572 g/mol. The van der Waals surface area contributed by atoms with E-state index in [-0.39, 0.29) is 0 Å². The van der Waals surface area contributed by atoms with E-state index < -0.39 is 6.16 Å². The Morgan fingerprint density at radius 1 is 1.05 bits per heavy atom. The van der Waals surface area contributed by atoms with Crippen LogP contribution in [0.1, 0.15) is 12.6 Å². The van der Waals surface area contributed by atoms with Crippen LogP contribution < -0.4 is 25.4 Å². The van der Waals surface area contributed by atoms with E-state index >= 15 is 0 Å². The summed E-state index contributed by atoms with van der Waals surface area (Å²) >= 11 is 1.52. The molecule has 0 unspecified atom stereocenters. The number of ether oxygens (including phenoxy) is 3. The molecule has 3 aromatic heterocycles. The summed E-state index contributed by atoms with van der Waals surface area (Å²) in [6, 6.07) is 12.9. The van der Waals surface area contributed by atoms with Crippen molar-refractivity contribution < 1.29 is 19.0 Å². The number of benzene rings is 2. The minimum atomic E-state index is -0.798. The average Bonchev–Trinajstić information content (AvgIpc) is 3.37. The number of nitrogens with two attached hydrogens (primary N) is 1. The molecule has 0 bridgehead atoms. The molecule has 0 atom stereocenters. The predicted molar refractivity (Wildman–Crippen MR) is 160 cm³/mol. The third-order valence-electron chi connectivity index (χ3n) is 6.84. The third-order valence-corrected chi connectivity index (χ3v) is 7.90. The van der Waals surface area contributed by atoms with Crippen LogP contribution >= 0.6 is 11.3 Å². The van der Waals surface area contributed by atoms with Gasteiger partial charge in [0.2, 0.25) is 11.8 Å². The van der Waals surface area contributed by atoms with Crippen molar-refractivity contribution >= 4 is 49.6 Å². The number of carbonyl (C=O) groups is 1. The van der Waals surface area contributed by atoms with Gasteiger partial charge in [0.05, 0.1) is 24.8 Å². The fourth-order valence-electron chi connectivity index (χ4n) is 4.84. The van der Waals surface area contributed by atoms with Crippen molar-refractivity contribution in [3.8, 4) is 34.1 Å². The van der Waals surface area contributed by atoms with Crippen molar-refractivity contribution in [1.29, 1.82) is 0 Å². The normalized spacial score (nSPS) is 13.5. The molecule has 0 spiro atoms. The quantitative estimate of drug-likeness (QED) is 0.165. The summed E-state index contributed by atoms with van der Waals surface area (Å²) in [6.07, 6.45) is -0.798. The largest absolute Gasteiger partial charge is 0.513 e. The molecule has 11 nitrogen and oxygen atoms in total. The first kappa shape index (κ1) is 26.7. The zero-order chi connectivity index (χ0) is 28.5. The van der Waals surface area contributed by atoms with Crippen molar-refractivity contribution in [1.82, 2.24) is 25.3 Å². The number of fused-ring (bicyclic) bond motifs is 3. The van der Waals surface area contributed by atoms with Crippen molar-refractivity contribution in [3.63, 3.8) is 0 Å². The molecule has 0 amide bonds. The molecule has 1 aliphatic rings. The Kier molecular flexibility index (Phi) is 7.25. The lowest BCUT2D eigenvalue weighted by atomic mass is 10.0. The van der Waals surface area contributed by atoms with Crippen LogP contribution in [-0.2, 0) is 4.74 Å². The molecular formula is C29H29N7O4S. The van der Waals surface area contributed by atoms with E-state index in [1.54, 1.807) is 18.2 Å². The molecule has 0 aliphatic carbocycles. The standard InChI is InChI=1S/C29H29N7O4S/c1-4-39-26-24-23(33-28(35-26)36-13-11-31-12-14-36)22-16(2)32-25(34-27(22)41-24)18-7-5-17(6-8-18)20-10-9-19(15-21(20)30)40-29(37)38-3/h5-10,15,31H,4,11-14,30H2,1-3H3. The Labute approximate surface area is 240 Å². The molecule has 6 rings (SSSR count). The molecular weight excluding hydrogens is 542 g/mol. The van der Waals surface area contributed by atoms with Crippen LogP contribution in [0.2, 0.25) is 0 Å². The summed E-state index contributed by atoms with van der Waals surface area (Å²) in [6.45, 7) is 7.91. The van der Waals surface area contributed by atoms with E-state index in [4.69, 9.17) is 35.1 Å². The van der Waals surface area contributed by atoms with Gasteiger partial charge in [-0.15, -0.1) is 11.3 Å². The first-order valence-corrected chi connectivity index (χ1v) is 14.1. The number of rotatable bonds is 6. The Balaban J connectivity index is 1.35. The van der Waals surface area contributed by atoms with E-state index in [0.717, 1.165) is 69.0 Å². The maximum absolute atomic E-state index is 11.4. The number of aryl methyl sites for hydroxylation is 1. The Morgan fingerprint density at radius 2 is 1.80 bits per heavy atom. The Bertz CT molecular complexity index is 1750. The molecule has 0 radical (unpaired) electrons.